The molecule has 1 aliphatic carbocycles. The molecule has 4 nitrogen and oxygen atoms in total. The number of hydrogen-bond acceptors (Lipinski definition) is 3. The fourth-order valence-electron chi connectivity index (χ4n) is 3.98. The highest BCUT2D eigenvalue weighted by Gasteiger charge is 2.31. The van der Waals surface area contributed by atoms with Gasteiger partial charge in [0.15, 0.2) is 0 Å². The van der Waals surface area contributed by atoms with Crippen molar-refractivity contribution >= 4 is 24.0 Å². The van der Waals surface area contributed by atoms with Crippen molar-refractivity contribution in [2.24, 2.45) is 5.92 Å². The van der Waals surface area contributed by atoms with Crippen LogP contribution in [0.15, 0.2) is 18.2 Å². The first kappa shape index (κ1) is 20.1. The number of aryl methyl sites for hydroxylation is 1. The first-order valence-electron chi connectivity index (χ1n) is 9.33. The van der Waals surface area contributed by atoms with Gasteiger partial charge in [-0.05, 0) is 69.1 Å². The van der Waals surface area contributed by atoms with Crippen molar-refractivity contribution in [2.45, 2.75) is 64.5 Å². The van der Waals surface area contributed by atoms with Crippen LogP contribution in [0, 0.1) is 12.8 Å². The molecular formula is C20H31ClN2O2. The molecule has 2 fully saturated rings. The topological polar surface area (TPSA) is 55.6 Å². The minimum atomic E-state index is 0. The molecule has 2 N–H and O–H groups in total. The number of carbonyl (C=O) groups is 1. The lowest BCUT2D eigenvalue weighted by Crippen LogP contribution is -2.46. The summed E-state index contributed by atoms with van der Waals surface area (Å²) >= 11 is 0. The van der Waals surface area contributed by atoms with Crippen molar-refractivity contribution < 1.29 is 9.53 Å². The summed E-state index contributed by atoms with van der Waals surface area (Å²) in [6.45, 7) is 5.84. The van der Waals surface area contributed by atoms with E-state index in [1.165, 1.54) is 12.8 Å². The predicted octanol–water partition coefficient (Wildman–Crippen LogP) is 4.20. The van der Waals surface area contributed by atoms with E-state index >= 15 is 0 Å². The zero-order valence-electron chi connectivity index (χ0n) is 15.4. The third kappa shape index (κ3) is 4.89. The van der Waals surface area contributed by atoms with E-state index in [-0.39, 0.29) is 24.4 Å². The number of amides is 1. The van der Waals surface area contributed by atoms with Gasteiger partial charge < -0.3 is 15.4 Å². The van der Waals surface area contributed by atoms with Crippen LogP contribution in [0.5, 0.6) is 0 Å². The van der Waals surface area contributed by atoms with Crippen molar-refractivity contribution in [3.63, 3.8) is 0 Å². The van der Waals surface area contributed by atoms with Crippen molar-refractivity contribution in [2.75, 3.05) is 18.9 Å². The van der Waals surface area contributed by atoms with E-state index in [1.54, 1.807) is 0 Å². The summed E-state index contributed by atoms with van der Waals surface area (Å²) < 4.78 is 5.82. The Hall–Kier alpha value is -1.26. The molecule has 2 aliphatic rings. The molecule has 1 amide bonds. The van der Waals surface area contributed by atoms with E-state index < -0.39 is 0 Å². The van der Waals surface area contributed by atoms with Gasteiger partial charge in [0.25, 0.3) is 5.91 Å². The Morgan fingerprint density at radius 2 is 1.96 bits per heavy atom. The third-order valence-electron chi connectivity index (χ3n) is 5.60. The maximum absolute atomic E-state index is 13.3. The minimum absolute atomic E-state index is 0. The molecule has 1 heterocycles. The van der Waals surface area contributed by atoms with E-state index in [4.69, 9.17) is 10.5 Å². The van der Waals surface area contributed by atoms with Crippen molar-refractivity contribution in [1.29, 1.82) is 0 Å². The van der Waals surface area contributed by atoms with Crippen molar-refractivity contribution in [1.82, 2.24) is 4.90 Å². The standard InChI is InChI=1S/C20H30N2O2.ClH/c1-14-5-9-17(10-6-14)22(13-18-4-3-11-24-18)20(23)19-12-16(21)8-7-15(19)2;/h7-8,12,14,17-18H,3-6,9-11,13,21H2,1-2H3;1H. The van der Waals surface area contributed by atoms with E-state index in [0.717, 1.165) is 49.3 Å². The predicted molar refractivity (Wildman–Crippen MR) is 104 cm³/mol. The molecule has 3 rings (SSSR count). The van der Waals surface area contributed by atoms with E-state index in [0.29, 0.717) is 18.3 Å². The summed E-state index contributed by atoms with van der Waals surface area (Å²) in [5, 5.41) is 0. The zero-order valence-corrected chi connectivity index (χ0v) is 16.2. The molecule has 25 heavy (non-hydrogen) atoms. The lowest BCUT2D eigenvalue weighted by atomic mass is 9.86. The van der Waals surface area contributed by atoms with Gasteiger partial charge in [-0.1, -0.05) is 13.0 Å². The highest BCUT2D eigenvalue weighted by molar-refractivity contribution is 5.96. The van der Waals surface area contributed by atoms with Crippen LogP contribution in [0.4, 0.5) is 5.69 Å². The molecule has 5 heteroatoms. The second kappa shape index (κ2) is 8.91. The number of anilines is 1. The number of rotatable bonds is 4. The molecule has 1 aromatic rings. The summed E-state index contributed by atoms with van der Waals surface area (Å²) in [6.07, 6.45) is 6.96. The number of benzene rings is 1. The maximum atomic E-state index is 13.3. The van der Waals surface area contributed by atoms with Crippen LogP contribution < -0.4 is 5.73 Å². The third-order valence-corrected chi connectivity index (χ3v) is 5.60. The summed E-state index contributed by atoms with van der Waals surface area (Å²) in [4.78, 5) is 15.4. The molecule has 1 saturated heterocycles. The second-order valence-electron chi connectivity index (χ2n) is 7.58. The second-order valence-corrected chi connectivity index (χ2v) is 7.58. The molecular weight excluding hydrogens is 336 g/mol. The van der Waals surface area contributed by atoms with E-state index in [9.17, 15) is 4.79 Å². The van der Waals surface area contributed by atoms with E-state index in [1.807, 2.05) is 25.1 Å². The number of hydrogen-bond donors (Lipinski definition) is 1. The molecule has 1 saturated carbocycles. The summed E-state index contributed by atoms with van der Waals surface area (Å²) in [6, 6.07) is 5.96. The first-order valence-corrected chi connectivity index (χ1v) is 9.33. The van der Waals surface area contributed by atoms with Gasteiger partial charge in [-0.3, -0.25) is 4.79 Å². The van der Waals surface area contributed by atoms with Crippen LogP contribution in [-0.4, -0.2) is 36.1 Å². The highest BCUT2D eigenvalue weighted by Crippen LogP contribution is 2.30. The van der Waals surface area contributed by atoms with Gasteiger partial charge in [0, 0.05) is 30.4 Å². The Balaban J connectivity index is 0.00000225. The van der Waals surface area contributed by atoms with Crippen LogP contribution in [-0.2, 0) is 4.74 Å². The molecule has 0 bridgehead atoms. The van der Waals surface area contributed by atoms with Crippen molar-refractivity contribution in [3.8, 4) is 0 Å². The molecule has 1 aromatic carbocycles. The minimum Gasteiger partial charge on any atom is -0.399 e. The van der Waals surface area contributed by atoms with Crippen LogP contribution >= 0.6 is 12.4 Å². The number of carbonyl (C=O) groups excluding carboxylic acids is 1. The van der Waals surface area contributed by atoms with E-state index in [2.05, 4.69) is 11.8 Å². The Kier molecular flexibility index (Phi) is 7.14. The zero-order chi connectivity index (χ0) is 17.1. The maximum Gasteiger partial charge on any atom is 0.254 e. The number of nitrogens with two attached hydrogens (primary N) is 1. The van der Waals surface area contributed by atoms with Crippen LogP contribution in [0.25, 0.3) is 0 Å². The SMILES string of the molecule is Cc1ccc(N)cc1C(=O)N(CC1CCCO1)C1CCC(C)CC1.Cl. The average Bonchev–Trinajstić information content (AvgIpc) is 3.08. The average molecular weight is 367 g/mol. The van der Waals surface area contributed by atoms with Crippen LogP contribution in [0.2, 0.25) is 0 Å². The Bertz CT molecular complexity index is 579. The number of ether oxygens (including phenoxy) is 1. The fourth-order valence-corrected chi connectivity index (χ4v) is 3.98. The van der Waals surface area contributed by atoms with Gasteiger partial charge in [-0.2, -0.15) is 0 Å². The van der Waals surface area contributed by atoms with Gasteiger partial charge in [0.05, 0.1) is 6.10 Å². The normalized spacial score (nSPS) is 26.1. The molecule has 0 aromatic heterocycles. The quantitative estimate of drug-likeness (QED) is 0.812. The smallest absolute Gasteiger partial charge is 0.254 e. The van der Waals surface area contributed by atoms with Gasteiger partial charge in [0.2, 0.25) is 0 Å². The number of nitrogens with zero attached hydrogens (tertiary/aromatic N) is 1. The van der Waals surface area contributed by atoms with Gasteiger partial charge in [0.1, 0.15) is 0 Å². The van der Waals surface area contributed by atoms with Gasteiger partial charge in [-0.25, -0.2) is 0 Å². The van der Waals surface area contributed by atoms with Gasteiger partial charge in [-0.15, -0.1) is 12.4 Å². The summed E-state index contributed by atoms with van der Waals surface area (Å²) in [7, 11) is 0. The Labute approximate surface area is 157 Å². The lowest BCUT2D eigenvalue weighted by Gasteiger charge is -2.37. The summed E-state index contributed by atoms with van der Waals surface area (Å²) in [5.74, 6) is 0.893. The molecule has 140 valence electrons. The molecule has 1 atom stereocenters. The molecule has 0 spiro atoms. The highest BCUT2D eigenvalue weighted by atomic mass is 35.5. The van der Waals surface area contributed by atoms with Crippen molar-refractivity contribution in [3.05, 3.63) is 29.3 Å². The number of nitrogen functional groups attached to an aromatic ring is 1. The Morgan fingerprint density at radius 1 is 1.24 bits per heavy atom. The molecule has 1 aliphatic heterocycles. The summed E-state index contributed by atoms with van der Waals surface area (Å²) in [5.41, 5.74) is 8.32. The Morgan fingerprint density at radius 3 is 2.60 bits per heavy atom. The molecule has 0 radical (unpaired) electrons. The van der Waals surface area contributed by atoms with Crippen LogP contribution in [0.3, 0.4) is 0 Å². The fraction of sp³-hybridized carbons (Fsp3) is 0.650. The molecule has 1 unspecified atom stereocenters. The van der Waals surface area contributed by atoms with Gasteiger partial charge >= 0.3 is 0 Å². The largest absolute Gasteiger partial charge is 0.399 e. The van der Waals surface area contributed by atoms with Crippen LogP contribution in [0.1, 0.15) is 61.4 Å². The first-order chi connectivity index (χ1) is 11.5. The monoisotopic (exact) mass is 366 g/mol. The lowest BCUT2D eigenvalue weighted by molar-refractivity contribution is 0.0341. The number of halogens is 1.